The number of benzene rings is 3. The highest BCUT2D eigenvalue weighted by Crippen LogP contribution is 2.36. The molecule has 0 atom stereocenters. The summed E-state index contributed by atoms with van der Waals surface area (Å²) in [5.41, 5.74) is 5.57. The normalized spacial score (nSPS) is 13.2. The van der Waals surface area contributed by atoms with Crippen molar-refractivity contribution in [1.29, 1.82) is 0 Å². The number of H-pyrrole nitrogens is 1. The maximum absolute atomic E-state index is 13.1. The molecule has 0 radical (unpaired) electrons. The highest BCUT2D eigenvalue weighted by Gasteiger charge is 2.32. The Bertz CT molecular complexity index is 1360. The summed E-state index contributed by atoms with van der Waals surface area (Å²) >= 11 is 0. The molecule has 1 aliphatic rings. The van der Waals surface area contributed by atoms with Crippen LogP contribution in [0.25, 0.3) is 22.0 Å². The SMILES string of the molecule is O=C(N/N=C/c1ccccc1C(F)(F)F)c1cc(-c2ccc3c4c(cccc24)CC3)n[nH]1. The van der Waals surface area contributed by atoms with E-state index in [1.165, 1.54) is 34.7 Å². The highest BCUT2D eigenvalue weighted by atomic mass is 19.4. The smallest absolute Gasteiger partial charge is 0.272 e. The molecule has 0 saturated carbocycles. The van der Waals surface area contributed by atoms with E-state index in [0.29, 0.717) is 5.69 Å². The quantitative estimate of drug-likeness (QED) is 0.346. The van der Waals surface area contributed by atoms with Crippen molar-refractivity contribution >= 4 is 22.9 Å². The Morgan fingerprint density at radius 3 is 2.62 bits per heavy atom. The lowest BCUT2D eigenvalue weighted by molar-refractivity contribution is -0.137. The van der Waals surface area contributed by atoms with Crippen LogP contribution < -0.4 is 5.43 Å². The third-order valence-corrected chi connectivity index (χ3v) is 5.61. The van der Waals surface area contributed by atoms with E-state index in [4.69, 9.17) is 0 Å². The van der Waals surface area contributed by atoms with Gasteiger partial charge in [0.1, 0.15) is 5.69 Å². The first-order chi connectivity index (χ1) is 15.4. The number of amides is 1. The van der Waals surface area contributed by atoms with Crippen molar-refractivity contribution in [1.82, 2.24) is 15.6 Å². The van der Waals surface area contributed by atoms with Gasteiger partial charge in [-0.05, 0) is 46.9 Å². The van der Waals surface area contributed by atoms with Gasteiger partial charge in [-0.2, -0.15) is 23.4 Å². The Balaban J connectivity index is 1.37. The minimum Gasteiger partial charge on any atom is -0.272 e. The molecule has 5 nitrogen and oxygen atoms in total. The van der Waals surface area contributed by atoms with Gasteiger partial charge < -0.3 is 0 Å². The number of hydrogen-bond acceptors (Lipinski definition) is 3. The fourth-order valence-electron chi connectivity index (χ4n) is 4.13. The number of carbonyl (C=O) groups excluding carboxylic acids is 1. The standard InChI is InChI=1S/C24H17F3N4O/c25-24(26,27)19-7-2-1-4-16(19)13-28-31-23(32)21-12-20(29-30-21)17-11-10-15-9-8-14-5-3-6-18(17)22(14)15/h1-7,10-13H,8-9H2,(H,29,30)(H,31,32)/b28-13+. The third kappa shape index (κ3) is 3.53. The number of halogens is 3. The lowest BCUT2D eigenvalue weighted by Crippen LogP contribution is -2.18. The number of nitrogens with zero attached hydrogens (tertiary/aromatic N) is 2. The molecule has 1 aromatic heterocycles. The van der Waals surface area contributed by atoms with Gasteiger partial charge in [0.25, 0.3) is 5.91 Å². The lowest BCUT2D eigenvalue weighted by Gasteiger charge is -2.09. The molecular weight excluding hydrogens is 417 g/mol. The second-order valence-corrected chi connectivity index (χ2v) is 7.56. The number of hydrazone groups is 1. The number of rotatable bonds is 4. The van der Waals surface area contributed by atoms with Gasteiger partial charge in [-0.25, -0.2) is 5.43 Å². The Kier molecular flexibility index (Phi) is 4.77. The minimum absolute atomic E-state index is 0.140. The minimum atomic E-state index is -4.51. The first-order valence-corrected chi connectivity index (χ1v) is 10.0. The highest BCUT2D eigenvalue weighted by molar-refractivity contribution is 6.02. The van der Waals surface area contributed by atoms with E-state index in [-0.39, 0.29) is 11.3 Å². The molecule has 4 aromatic rings. The van der Waals surface area contributed by atoms with Crippen molar-refractivity contribution < 1.29 is 18.0 Å². The van der Waals surface area contributed by atoms with Crippen LogP contribution in [0, 0.1) is 0 Å². The predicted octanol–water partition coefficient (Wildman–Crippen LogP) is 5.11. The predicted molar refractivity (Wildman–Crippen MR) is 115 cm³/mol. The van der Waals surface area contributed by atoms with Gasteiger partial charge in [0.2, 0.25) is 0 Å². The number of nitrogens with one attached hydrogen (secondary N) is 2. The Labute approximate surface area is 181 Å². The third-order valence-electron chi connectivity index (χ3n) is 5.61. The Hall–Kier alpha value is -3.94. The zero-order valence-corrected chi connectivity index (χ0v) is 16.7. The van der Waals surface area contributed by atoms with Crippen LogP contribution in [0.5, 0.6) is 0 Å². The number of carbonyl (C=O) groups is 1. The number of alkyl halides is 3. The molecule has 0 bridgehead atoms. The molecule has 32 heavy (non-hydrogen) atoms. The number of aromatic nitrogens is 2. The van der Waals surface area contributed by atoms with Gasteiger partial charge in [-0.1, -0.05) is 48.5 Å². The zero-order chi connectivity index (χ0) is 22.3. The summed E-state index contributed by atoms with van der Waals surface area (Å²) in [7, 11) is 0. The van der Waals surface area contributed by atoms with Crippen molar-refractivity contribution in [2.45, 2.75) is 19.0 Å². The number of aromatic amines is 1. The molecule has 3 aromatic carbocycles. The lowest BCUT2D eigenvalue weighted by atomic mass is 9.98. The second-order valence-electron chi connectivity index (χ2n) is 7.56. The van der Waals surface area contributed by atoms with E-state index in [9.17, 15) is 18.0 Å². The Morgan fingerprint density at radius 2 is 1.81 bits per heavy atom. The molecule has 1 amide bonds. The van der Waals surface area contributed by atoms with Gasteiger partial charge in [0, 0.05) is 11.1 Å². The maximum atomic E-state index is 13.1. The van der Waals surface area contributed by atoms with Crippen molar-refractivity contribution in [3.63, 3.8) is 0 Å². The topological polar surface area (TPSA) is 70.1 Å². The molecule has 160 valence electrons. The van der Waals surface area contributed by atoms with E-state index in [2.05, 4.69) is 32.9 Å². The van der Waals surface area contributed by atoms with Crippen LogP contribution >= 0.6 is 0 Å². The molecule has 0 saturated heterocycles. The van der Waals surface area contributed by atoms with Gasteiger partial charge in [-0.3, -0.25) is 9.89 Å². The first-order valence-electron chi connectivity index (χ1n) is 10.0. The van der Waals surface area contributed by atoms with E-state index in [0.717, 1.165) is 36.1 Å². The summed E-state index contributed by atoms with van der Waals surface area (Å²) in [5.74, 6) is -0.601. The zero-order valence-electron chi connectivity index (χ0n) is 16.7. The molecular formula is C24H17F3N4O. The van der Waals surface area contributed by atoms with Crippen LogP contribution in [-0.4, -0.2) is 22.3 Å². The summed E-state index contributed by atoms with van der Waals surface area (Å²) in [6.45, 7) is 0. The van der Waals surface area contributed by atoms with Crippen molar-refractivity contribution in [2.75, 3.05) is 0 Å². The van der Waals surface area contributed by atoms with Crippen LogP contribution in [0.3, 0.4) is 0 Å². The van der Waals surface area contributed by atoms with Gasteiger partial charge >= 0.3 is 6.18 Å². The summed E-state index contributed by atoms with van der Waals surface area (Å²) in [4.78, 5) is 12.4. The number of hydrogen-bond donors (Lipinski definition) is 2. The number of aryl methyl sites for hydroxylation is 2. The van der Waals surface area contributed by atoms with Crippen LogP contribution in [0.4, 0.5) is 13.2 Å². The molecule has 0 spiro atoms. The monoisotopic (exact) mass is 434 g/mol. The molecule has 0 fully saturated rings. The first kappa shape index (κ1) is 20.0. The van der Waals surface area contributed by atoms with Crippen LogP contribution in [0.15, 0.2) is 65.8 Å². The molecule has 8 heteroatoms. The van der Waals surface area contributed by atoms with Crippen LogP contribution in [0.2, 0.25) is 0 Å². The average Bonchev–Trinajstić information content (AvgIpc) is 3.43. The van der Waals surface area contributed by atoms with E-state index in [1.807, 2.05) is 18.2 Å². The van der Waals surface area contributed by atoms with Crippen LogP contribution in [-0.2, 0) is 19.0 Å². The molecule has 0 aliphatic heterocycles. The molecule has 5 rings (SSSR count). The molecule has 1 aliphatic carbocycles. The summed E-state index contributed by atoms with van der Waals surface area (Å²) < 4.78 is 39.2. The second kappa shape index (κ2) is 7.64. The fourth-order valence-corrected chi connectivity index (χ4v) is 4.13. The van der Waals surface area contributed by atoms with E-state index >= 15 is 0 Å². The van der Waals surface area contributed by atoms with Crippen molar-refractivity contribution in [3.8, 4) is 11.3 Å². The summed E-state index contributed by atoms with van der Waals surface area (Å²) in [6, 6.07) is 16.9. The van der Waals surface area contributed by atoms with Gasteiger partial charge in [-0.15, -0.1) is 0 Å². The van der Waals surface area contributed by atoms with E-state index in [1.54, 1.807) is 6.07 Å². The van der Waals surface area contributed by atoms with Crippen molar-refractivity contribution in [3.05, 3.63) is 88.6 Å². The van der Waals surface area contributed by atoms with Crippen LogP contribution in [0.1, 0.15) is 32.7 Å². The molecule has 1 heterocycles. The van der Waals surface area contributed by atoms with Gasteiger partial charge in [0.15, 0.2) is 0 Å². The maximum Gasteiger partial charge on any atom is 0.417 e. The summed E-state index contributed by atoms with van der Waals surface area (Å²) in [6.07, 6.45) is -1.51. The molecule has 2 N–H and O–H groups in total. The van der Waals surface area contributed by atoms with Crippen molar-refractivity contribution in [2.24, 2.45) is 5.10 Å². The van der Waals surface area contributed by atoms with E-state index < -0.39 is 17.6 Å². The Morgan fingerprint density at radius 1 is 1.03 bits per heavy atom. The molecule has 0 unspecified atom stereocenters. The average molecular weight is 434 g/mol. The largest absolute Gasteiger partial charge is 0.417 e. The van der Waals surface area contributed by atoms with Gasteiger partial charge in [0.05, 0.1) is 17.5 Å². The fraction of sp³-hybridized carbons (Fsp3) is 0.125. The summed E-state index contributed by atoms with van der Waals surface area (Å²) in [5, 5.41) is 13.0.